The van der Waals surface area contributed by atoms with Crippen molar-refractivity contribution in [2.45, 2.75) is 6.36 Å². The number of halogens is 5. The lowest BCUT2D eigenvalue weighted by atomic mass is 10.1. The van der Waals surface area contributed by atoms with Gasteiger partial charge in [0.25, 0.3) is 0 Å². The summed E-state index contributed by atoms with van der Waals surface area (Å²) < 4.78 is 39.9. The van der Waals surface area contributed by atoms with Crippen molar-refractivity contribution >= 4 is 34.7 Å². The van der Waals surface area contributed by atoms with Gasteiger partial charge in [0, 0.05) is 28.5 Å². The van der Waals surface area contributed by atoms with Gasteiger partial charge in [0.15, 0.2) is 5.78 Å². The number of ketones is 1. The molecule has 1 N–H and O–H groups in total. The van der Waals surface area contributed by atoms with Crippen molar-refractivity contribution in [1.29, 1.82) is 0 Å². The predicted octanol–water partition coefficient (Wildman–Crippen LogP) is 5.70. The average molecular weight is 376 g/mol. The first-order chi connectivity index (χ1) is 11.2. The largest absolute Gasteiger partial charge is 0.573 e. The fourth-order valence-electron chi connectivity index (χ4n) is 1.75. The van der Waals surface area contributed by atoms with Crippen LogP contribution in [0.3, 0.4) is 0 Å². The van der Waals surface area contributed by atoms with Crippen LogP contribution in [0.2, 0.25) is 10.0 Å². The fourth-order valence-corrected chi connectivity index (χ4v) is 2.25. The second kappa shape index (κ2) is 7.59. The number of carbonyl (C=O) groups excluding carboxylic acids is 1. The van der Waals surface area contributed by atoms with E-state index < -0.39 is 6.36 Å². The Labute approximate surface area is 145 Å². The van der Waals surface area contributed by atoms with Gasteiger partial charge in [-0.2, -0.15) is 0 Å². The van der Waals surface area contributed by atoms with Gasteiger partial charge < -0.3 is 10.1 Å². The number of anilines is 1. The lowest BCUT2D eigenvalue weighted by Gasteiger charge is -2.09. The van der Waals surface area contributed by atoms with Gasteiger partial charge in [-0.15, -0.1) is 13.2 Å². The molecule has 0 amide bonds. The van der Waals surface area contributed by atoms with Crippen molar-refractivity contribution in [3.63, 3.8) is 0 Å². The van der Waals surface area contributed by atoms with Crippen LogP contribution >= 0.6 is 23.2 Å². The zero-order valence-corrected chi connectivity index (χ0v) is 13.4. The van der Waals surface area contributed by atoms with Crippen molar-refractivity contribution in [1.82, 2.24) is 0 Å². The quantitative estimate of drug-likeness (QED) is 0.537. The van der Waals surface area contributed by atoms with Crippen molar-refractivity contribution in [2.75, 3.05) is 5.32 Å². The number of nitrogens with one attached hydrogen (secondary N) is 1. The standard InChI is InChI=1S/C16H10Cl2F3NO2/c17-10-1-6-13(14(18)9-10)15(23)7-8-22-11-2-4-12(5-3-11)24-16(19,20)21/h1-9,22H/b8-7-. The van der Waals surface area contributed by atoms with E-state index in [2.05, 4.69) is 10.1 Å². The van der Waals surface area contributed by atoms with E-state index in [0.29, 0.717) is 10.7 Å². The third-order valence-corrected chi connectivity index (χ3v) is 3.32. The van der Waals surface area contributed by atoms with Crippen LogP contribution in [-0.4, -0.2) is 12.1 Å². The Balaban J connectivity index is 1.97. The zero-order chi connectivity index (χ0) is 17.7. The number of benzene rings is 2. The lowest BCUT2D eigenvalue weighted by molar-refractivity contribution is -0.274. The summed E-state index contributed by atoms with van der Waals surface area (Å²) in [7, 11) is 0. The highest BCUT2D eigenvalue weighted by Gasteiger charge is 2.30. The van der Waals surface area contributed by atoms with E-state index in [0.717, 1.165) is 12.1 Å². The summed E-state index contributed by atoms with van der Waals surface area (Å²) in [4.78, 5) is 12.0. The number of rotatable bonds is 5. The van der Waals surface area contributed by atoms with E-state index in [9.17, 15) is 18.0 Å². The average Bonchev–Trinajstić information content (AvgIpc) is 2.47. The summed E-state index contributed by atoms with van der Waals surface area (Å²) in [6.45, 7) is 0. The van der Waals surface area contributed by atoms with Gasteiger partial charge in [0.2, 0.25) is 0 Å². The third-order valence-electron chi connectivity index (χ3n) is 2.77. The first-order valence-electron chi connectivity index (χ1n) is 6.53. The Morgan fingerprint density at radius 3 is 2.33 bits per heavy atom. The van der Waals surface area contributed by atoms with Crippen LogP contribution in [0.15, 0.2) is 54.7 Å². The van der Waals surface area contributed by atoms with Crippen LogP contribution in [0.4, 0.5) is 18.9 Å². The second-order valence-electron chi connectivity index (χ2n) is 4.54. The molecule has 0 atom stereocenters. The normalized spacial score (nSPS) is 11.5. The highest BCUT2D eigenvalue weighted by atomic mass is 35.5. The summed E-state index contributed by atoms with van der Waals surface area (Å²) in [5.74, 6) is -0.678. The molecule has 0 fully saturated rings. The molecule has 0 aliphatic rings. The molecule has 0 saturated heterocycles. The Hall–Kier alpha value is -2.18. The number of allylic oxidation sites excluding steroid dienone is 1. The van der Waals surface area contributed by atoms with Crippen LogP contribution in [0.1, 0.15) is 10.4 Å². The van der Waals surface area contributed by atoms with E-state index in [-0.39, 0.29) is 22.1 Å². The minimum atomic E-state index is -4.74. The van der Waals surface area contributed by atoms with Gasteiger partial charge in [-0.05, 0) is 42.5 Å². The van der Waals surface area contributed by atoms with E-state index in [1.807, 2.05) is 0 Å². The highest BCUT2D eigenvalue weighted by Crippen LogP contribution is 2.24. The van der Waals surface area contributed by atoms with Crippen molar-refractivity contribution in [3.8, 4) is 5.75 Å². The van der Waals surface area contributed by atoms with Crippen LogP contribution in [0.5, 0.6) is 5.75 Å². The summed E-state index contributed by atoms with van der Waals surface area (Å²) >= 11 is 11.7. The van der Waals surface area contributed by atoms with Gasteiger partial charge >= 0.3 is 6.36 Å². The van der Waals surface area contributed by atoms with E-state index >= 15 is 0 Å². The molecule has 2 aromatic carbocycles. The number of ether oxygens (including phenoxy) is 1. The van der Waals surface area contributed by atoms with Crippen LogP contribution in [0.25, 0.3) is 0 Å². The highest BCUT2D eigenvalue weighted by molar-refractivity contribution is 6.37. The maximum atomic E-state index is 12.0. The smallest absolute Gasteiger partial charge is 0.406 e. The molecule has 0 aromatic heterocycles. The molecule has 24 heavy (non-hydrogen) atoms. The predicted molar refractivity (Wildman–Crippen MR) is 86.7 cm³/mol. The summed E-state index contributed by atoms with van der Waals surface area (Å²) in [6, 6.07) is 9.57. The molecule has 0 heterocycles. The van der Waals surface area contributed by atoms with Gasteiger partial charge in [0.05, 0.1) is 5.02 Å². The summed E-state index contributed by atoms with van der Waals surface area (Å²) in [5, 5.41) is 3.40. The molecular formula is C16H10Cl2F3NO2. The van der Waals surface area contributed by atoms with E-state index in [4.69, 9.17) is 23.2 Å². The summed E-state index contributed by atoms with van der Waals surface area (Å²) in [5.41, 5.74) is 0.767. The Kier molecular flexibility index (Phi) is 5.75. The molecule has 2 aromatic rings. The molecule has 0 aliphatic carbocycles. The Bertz CT molecular complexity index is 759. The van der Waals surface area contributed by atoms with Gasteiger partial charge in [-0.3, -0.25) is 4.79 Å². The van der Waals surface area contributed by atoms with Crippen molar-refractivity contribution < 1.29 is 22.7 Å². The third kappa shape index (κ3) is 5.47. The van der Waals surface area contributed by atoms with E-state index in [1.54, 1.807) is 6.07 Å². The van der Waals surface area contributed by atoms with Crippen LogP contribution in [-0.2, 0) is 0 Å². The Morgan fingerprint density at radius 2 is 1.75 bits per heavy atom. The first kappa shape index (κ1) is 18.2. The molecule has 0 saturated carbocycles. The molecule has 0 unspecified atom stereocenters. The number of hydrogen-bond acceptors (Lipinski definition) is 3. The van der Waals surface area contributed by atoms with Crippen LogP contribution < -0.4 is 10.1 Å². The van der Waals surface area contributed by atoms with E-state index in [1.165, 1.54) is 36.5 Å². The maximum absolute atomic E-state index is 12.0. The zero-order valence-electron chi connectivity index (χ0n) is 11.9. The molecule has 126 valence electrons. The maximum Gasteiger partial charge on any atom is 0.573 e. The topological polar surface area (TPSA) is 38.3 Å². The second-order valence-corrected chi connectivity index (χ2v) is 5.38. The minimum absolute atomic E-state index is 0.228. The van der Waals surface area contributed by atoms with Crippen LogP contribution in [0, 0.1) is 0 Å². The number of alkyl halides is 3. The molecule has 0 bridgehead atoms. The monoisotopic (exact) mass is 375 g/mol. The summed E-state index contributed by atoms with van der Waals surface area (Å²) in [6.07, 6.45) is -2.14. The van der Waals surface area contributed by atoms with Gasteiger partial charge in [0.1, 0.15) is 5.75 Å². The molecule has 8 heteroatoms. The van der Waals surface area contributed by atoms with Crippen molar-refractivity contribution in [2.24, 2.45) is 0 Å². The fraction of sp³-hybridized carbons (Fsp3) is 0.0625. The molecule has 0 spiro atoms. The molecule has 3 nitrogen and oxygen atoms in total. The van der Waals surface area contributed by atoms with Gasteiger partial charge in [-0.1, -0.05) is 23.2 Å². The molecule has 2 rings (SSSR count). The lowest BCUT2D eigenvalue weighted by Crippen LogP contribution is -2.16. The minimum Gasteiger partial charge on any atom is -0.406 e. The van der Waals surface area contributed by atoms with Gasteiger partial charge in [-0.25, -0.2) is 0 Å². The molecule has 0 radical (unpaired) electrons. The Morgan fingerprint density at radius 1 is 1.08 bits per heavy atom. The number of hydrogen-bond donors (Lipinski definition) is 1. The SMILES string of the molecule is O=C(/C=C\Nc1ccc(OC(F)(F)F)cc1)c1ccc(Cl)cc1Cl. The molecule has 0 aliphatic heterocycles. The number of carbonyl (C=O) groups is 1. The first-order valence-corrected chi connectivity index (χ1v) is 7.28. The molecular weight excluding hydrogens is 366 g/mol. The van der Waals surface area contributed by atoms with Crippen molar-refractivity contribution in [3.05, 3.63) is 70.3 Å².